The van der Waals surface area contributed by atoms with Crippen molar-refractivity contribution in [1.82, 2.24) is 0 Å². The zero-order valence-electron chi connectivity index (χ0n) is 11.6. The standard InChI is InChI=1S/C10H16F6O3Si/c1-7(2,3)8(9(11,12)13,10(14,15)16)6(17)18-19-20(4)5/h20H,1-5H3. The molecular formula is C10H16F6O3Si. The molecule has 0 aliphatic rings. The fourth-order valence-electron chi connectivity index (χ4n) is 1.75. The van der Waals surface area contributed by atoms with Crippen LogP contribution in [0, 0.1) is 10.8 Å². The van der Waals surface area contributed by atoms with Crippen LogP contribution >= 0.6 is 0 Å². The van der Waals surface area contributed by atoms with Crippen molar-refractivity contribution in [2.24, 2.45) is 10.8 Å². The van der Waals surface area contributed by atoms with E-state index in [0.29, 0.717) is 20.8 Å². The summed E-state index contributed by atoms with van der Waals surface area (Å²) in [7, 11) is -2.14. The monoisotopic (exact) mass is 326 g/mol. The van der Waals surface area contributed by atoms with Gasteiger partial charge in [-0.25, -0.2) is 9.37 Å². The predicted octanol–water partition coefficient (Wildman–Crippen LogP) is 3.60. The third-order valence-corrected chi connectivity index (χ3v) is 3.08. The Labute approximate surface area is 113 Å². The van der Waals surface area contributed by atoms with Crippen LogP contribution in [0.15, 0.2) is 0 Å². The summed E-state index contributed by atoms with van der Waals surface area (Å²) >= 11 is 0. The number of hydrogen-bond acceptors (Lipinski definition) is 3. The minimum Gasteiger partial charge on any atom is -0.309 e. The maximum absolute atomic E-state index is 13.1. The summed E-state index contributed by atoms with van der Waals surface area (Å²) in [5.74, 6) is -2.49. The Kier molecular flexibility index (Phi) is 5.33. The lowest BCUT2D eigenvalue weighted by atomic mass is 9.65. The number of rotatable bonds is 3. The Morgan fingerprint density at radius 1 is 0.900 bits per heavy atom. The van der Waals surface area contributed by atoms with Gasteiger partial charge < -0.3 is 4.89 Å². The van der Waals surface area contributed by atoms with Crippen LogP contribution in [0.25, 0.3) is 0 Å². The summed E-state index contributed by atoms with van der Waals surface area (Å²) < 4.78 is 82.7. The minimum absolute atomic E-state index is 0.669. The summed E-state index contributed by atoms with van der Waals surface area (Å²) in [5.41, 5.74) is -7.15. The van der Waals surface area contributed by atoms with E-state index >= 15 is 0 Å². The van der Waals surface area contributed by atoms with Crippen molar-refractivity contribution < 1.29 is 40.6 Å². The largest absolute Gasteiger partial charge is 0.414 e. The van der Waals surface area contributed by atoms with Crippen LogP contribution in [0.2, 0.25) is 13.1 Å². The van der Waals surface area contributed by atoms with E-state index in [1.54, 1.807) is 0 Å². The van der Waals surface area contributed by atoms with Crippen LogP contribution in [0.5, 0.6) is 0 Å². The van der Waals surface area contributed by atoms with Gasteiger partial charge in [-0.15, -0.1) is 0 Å². The molecule has 0 amide bonds. The first kappa shape index (κ1) is 19.2. The fourth-order valence-corrected chi connectivity index (χ4v) is 2.03. The number of carbonyl (C=O) groups is 1. The molecular weight excluding hydrogens is 310 g/mol. The Balaban J connectivity index is 5.99. The molecule has 0 unspecified atom stereocenters. The Morgan fingerprint density at radius 3 is 1.45 bits per heavy atom. The molecule has 0 heterocycles. The van der Waals surface area contributed by atoms with E-state index in [2.05, 4.69) is 9.46 Å². The molecule has 0 aromatic carbocycles. The van der Waals surface area contributed by atoms with Crippen LogP contribution < -0.4 is 0 Å². The third kappa shape index (κ3) is 3.27. The fraction of sp³-hybridized carbons (Fsp3) is 0.900. The quantitative estimate of drug-likeness (QED) is 0.344. The molecule has 0 atom stereocenters. The van der Waals surface area contributed by atoms with Gasteiger partial charge in [-0.3, -0.25) is 0 Å². The van der Waals surface area contributed by atoms with Crippen molar-refractivity contribution in [2.45, 2.75) is 46.2 Å². The molecule has 20 heavy (non-hydrogen) atoms. The molecule has 0 aromatic heterocycles. The number of alkyl halides is 6. The van der Waals surface area contributed by atoms with E-state index in [9.17, 15) is 31.1 Å². The first-order chi connectivity index (χ1) is 8.59. The van der Waals surface area contributed by atoms with E-state index < -0.39 is 38.2 Å². The normalized spacial score (nSPS) is 14.6. The van der Waals surface area contributed by atoms with Crippen molar-refractivity contribution >= 4 is 15.0 Å². The van der Waals surface area contributed by atoms with Crippen molar-refractivity contribution in [1.29, 1.82) is 0 Å². The highest BCUT2D eigenvalue weighted by atomic mass is 28.3. The molecule has 10 heteroatoms. The van der Waals surface area contributed by atoms with Crippen molar-refractivity contribution in [2.75, 3.05) is 0 Å². The van der Waals surface area contributed by atoms with Gasteiger partial charge in [-0.05, 0) is 18.5 Å². The second-order valence-corrected chi connectivity index (χ2v) is 7.80. The third-order valence-electron chi connectivity index (χ3n) is 2.60. The van der Waals surface area contributed by atoms with Gasteiger partial charge in [-0.2, -0.15) is 26.3 Å². The zero-order valence-corrected chi connectivity index (χ0v) is 12.7. The zero-order chi connectivity index (χ0) is 16.6. The van der Waals surface area contributed by atoms with Gasteiger partial charge in [-0.1, -0.05) is 20.8 Å². The Morgan fingerprint density at radius 2 is 1.25 bits per heavy atom. The molecule has 0 N–H and O–H groups in total. The molecule has 0 aliphatic carbocycles. The summed E-state index contributed by atoms with van der Waals surface area (Å²) in [4.78, 5) is 15.4. The van der Waals surface area contributed by atoms with E-state index in [0.717, 1.165) is 0 Å². The van der Waals surface area contributed by atoms with Crippen LogP contribution in [-0.4, -0.2) is 27.4 Å². The van der Waals surface area contributed by atoms with E-state index in [4.69, 9.17) is 0 Å². The number of hydrogen-bond donors (Lipinski definition) is 0. The van der Waals surface area contributed by atoms with Crippen LogP contribution in [0.3, 0.4) is 0 Å². The average molecular weight is 326 g/mol. The maximum atomic E-state index is 13.1. The van der Waals surface area contributed by atoms with E-state index in [1.807, 2.05) is 0 Å². The lowest BCUT2D eigenvalue weighted by Gasteiger charge is -2.43. The smallest absolute Gasteiger partial charge is 0.309 e. The molecule has 0 saturated carbocycles. The molecule has 120 valence electrons. The van der Waals surface area contributed by atoms with Crippen molar-refractivity contribution in [3.63, 3.8) is 0 Å². The molecule has 0 aliphatic heterocycles. The minimum atomic E-state index is -5.87. The Bertz CT molecular complexity index is 319. The summed E-state index contributed by atoms with van der Waals surface area (Å²) in [6, 6.07) is 0. The average Bonchev–Trinajstić information content (AvgIpc) is 2.07. The van der Waals surface area contributed by atoms with Gasteiger partial charge in [0.25, 0.3) is 5.41 Å². The van der Waals surface area contributed by atoms with E-state index in [-0.39, 0.29) is 0 Å². The molecule has 0 radical (unpaired) electrons. The van der Waals surface area contributed by atoms with Crippen molar-refractivity contribution in [3.8, 4) is 0 Å². The van der Waals surface area contributed by atoms with Crippen molar-refractivity contribution in [3.05, 3.63) is 0 Å². The first-order valence-corrected chi connectivity index (χ1v) is 8.38. The van der Waals surface area contributed by atoms with Gasteiger partial charge in [0.1, 0.15) is 0 Å². The molecule has 0 spiro atoms. The number of halogens is 6. The first-order valence-electron chi connectivity index (χ1n) is 5.60. The second kappa shape index (κ2) is 5.55. The Hall–Kier alpha value is -0.773. The van der Waals surface area contributed by atoms with Crippen LogP contribution in [0.1, 0.15) is 20.8 Å². The van der Waals surface area contributed by atoms with Gasteiger partial charge in [0.15, 0.2) is 0 Å². The van der Waals surface area contributed by atoms with Gasteiger partial charge >= 0.3 is 18.3 Å². The topological polar surface area (TPSA) is 35.5 Å². The highest BCUT2D eigenvalue weighted by Gasteiger charge is 2.81. The van der Waals surface area contributed by atoms with Gasteiger partial charge in [0, 0.05) is 0 Å². The molecule has 3 nitrogen and oxygen atoms in total. The van der Waals surface area contributed by atoms with Crippen LogP contribution in [0.4, 0.5) is 26.3 Å². The maximum Gasteiger partial charge on any atom is 0.414 e. The SMILES string of the molecule is C[SiH](C)OOC(=O)C(C(C)(C)C)(C(F)(F)F)C(F)(F)F. The van der Waals surface area contributed by atoms with E-state index in [1.165, 1.54) is 13.1 Å². The lowest BCUT2D eigenvalue weighted by molar-refractivity contribution is -0.371. The van der Waals surface area contributed by atoms with Gasteiger partial charge in [0.2, 0.25) is 9.04 Å². The molecule has 0 aromatic rings. The highest BCUT2D eigenvalue weighted by molar-refractivity contribution is 6.48. The highest BCUT2D eigenvalue weighted by Crippen LogP contribution is 2.60. The molecule has 0 rings (SSSR count). The summed E-state index contributed by atoms with van der Waals surface area (Å²) in [6.45, 7) is 4.85. The molecule has 0 saturated heterocycles. The predicted molar refractivity (Wildman–Crippen MR) is 60.1 cm³/mol. The number of carbonyl (C=O) groups excluding carboxylic acids is 1. The summed E-state index contributed by atoms with van der Waals surface area (Å²) in [6.07, 6.45) is -11.7. The second-order valence-electron chi connectivity index (χ2n) is 5.51. The molecule has 0 bridgehead atoms. The molecule has 0 fully saturated rings. The summed E-state index contributed by atoms with van der Waals surface area (Å²) in [5, 5.41) is 0. The van der Waals surface area contributed by atoms with Gasteiger partial charge in [0.05, 0.1) is 0 Å². The lowest BCUT2D eigenvalue weighted by Crippen LogP contribution is -2.63. The van der Waals surface area contributed by atoms with Crippen LogP contribution in [-0.2, 0) is 14.3 Å².